The largest absolute Gasteiger partial charge is 0.508 e. The molecule has 39 heavy (non-hydrogen) atoms. The van der Waals surface area contributed by atoms with E-state index in [0.29, 0.717) is 28.8 Å². The summed E-state index contributed by atoms with van der Waals surface area (Å²) in [5.41, 5.74) is 1.68. The summed E-state index contributed by atoms with van der Waals surface area (Å²) in [4.78, 5) is 12.5. The molecule has 1 heterocycles. The molecule has 1 N–H and O–H groups in total. The fourth-order valence-corrected chi connectivity index (χ4v) is 8.05. The maximum absolute atomic E-state index is 12.0. The second-order valence-electron chi connectivity index (χ2n) is 8.27. The van der Waals surface area contributed by atoms with Crippen LogP contribution in [0.5, 0.6) is 34.5 Å². The lowest BCUT2D eigenvalue weighted by molar-refractivity contribution is -0.386. The van der Waals surface area contributed by atoms with Crippen molar-refractivity contribution in [1.82, 2.24) is 0 Å². The Kier molecular flexibility index (Phi) is 9.87. The van der Waals surface area contributed by atoms with Crippen LogP contribution in [0, 0.1) is 10.1 Å². The van der Waals surface area contributed by atoms with Crippen molar-refractivity contribution in [3.05, 3.63) is 69.8 Å². The van der Waals surface area contributed by atoms with E-state index >= 15 is 0 Å². The van der Waals surface area contributed by atoms with Crippen molar-refractivity contribution in [3.8, 4) is 34.5 Å². The van der Waals surface area contributed by atoms with Crippen molar-refractivity contribution < 1.29 is 33.7 Å². The van der Waals surface area contributed by atoms with Gasteiger partial charge in [-0.2, -0.15) is 0 Å². The highest BCUT2D eigenvalue weighted by Crippen LogP contribution is 2.58. The van der Waals surface area contributed by atoms with Crippen molar-refractivity contribution in [1.29, 1.82) is 0 Å². The number of benzene rings is 3. The van der Waals surface area contributed by atoms with Crippen molar-refractivity contribution in [2.24, 2.45) is 0 Å². The Morgan fingerprint density at radius 2 is 1.54 bits per heavy atom. The molecule has 12 heteroatoms. The Bertz CT molecular complexity index is 1280. The minimum atomic E-state index is -0.435. The van der Waals surface area contributed by atoms with Gasteiger partial charge in [-0.15, -0.1) is 35.3 Å². The maximum atomic E-state index is 12.0. The van der Waals surface area contributed by atoms with E-state index in [2.05, 4.69) is 0 Å². The first kappa shape index (κ1) is 28.9. The molecule has 1 saturated heterocycles. The second-order valence-corrected chi connectivity index (χ2v) is 12.2. The highest BCUT2D eigenvalue weighted by Gasteiger charge is 2.33. The van der Waals surface area contributed by atoms with Crippen molar-refractivity contribution >= 4 is 41.0 Å². The van der Waals surface area contributed by atoms with Crippen molar-refractivity contribution in [2.45, 2.75) is 14.7 Å². The summed E-state index contributed by atoms with van der Waals surface area (Å²) < 4.78 is 27.8. The molecule has 0 spiro atoms. The summed E-state index contributed by atoms with van der Waals surface area (Å²) in [6, 6.07) is 14.1. The van der Waals surface area contributed by atoms with Crippen LogP contribution in [0.3, 0.4) is 0 Å². The number of hydrogen-bond donors (Lipinski definition) is 1. The predicted octanol–water partition coefficient (Wildman–Crippen LogP) is 6.73. The van der Waals surface area contributed by atoms with Gasteiger partial charge in [-0.1, -0.05) is 0 Å². The first-order chi connectivity index (χ1) is 18.9. The second kappa shape index (κ2) is 13.3. The number of thioether (sulfide) groups is 3. The van der Waals surface area contributed by atoms with Gasteiger partial charge in [0.1, 0.15) is 5.75 Å². The standard InChI is InChI=1S/C27H29NO8S3/c1-32-21-14-17(11-20(28(30)31)25(21)36-9-10-37-19-7-5-18(29)6-8-19)27-38-15-24(39-27)16-12-22(33-2)26(35-4)23(13-16)34-3/h5-8,11-14,24,27,29H,9-10,15H2,1-4H3. The monoisotopic (exact) mass is 591 g/mol. The average Bonchev–Trinajstić information content (AvgIpc) is 3.45. The zero-order chi connectivity index (χ0) is 27.9. The summed E-state index contributed by atoms with van der Waals surface area (Å²) in [6.07, 6.45) is 0. The number of nitro benzene ring substituents is 1. The molecule has 3 aromatic carbocycles. The van der Waals surface area contributed by atoms with Gasteiger partial charge in [0.2, 0.25) is 11.5 Å². The average molecular weight is 592 g/mol. The Labute approximate surface area is 239 Å². The predicted molar refractivity (Wildman–Crippen MR) is 156 cm³/mol. The summed E-state index contributed by atoms with van der Waals surface area (Å²) in [7, 11) is 6.22. The van der Waals surface area contributed by atoms with Crippen molar-refractivity contribution in [2.75, 3.05) is 46.6 Å². The molecule has 1 aliphatic rings. The van der Waals surface area contributed by atoms with E-state index in [9.17, 15) is 15.2 Å². The molecule has 9 nitrogen and oxygen atoms in total. The highest BCUT2D eigenvalue weighted by molar-refractivity contribution is 8.19. The van der Waals surface area contributed by atoms with Gasteiger partial charge in [-0.05, 0) is 53.6 Å². The Balaban J connectivity index is 1.50. The first-order valence-corrected chi connectivity index (χ1v) is 14.8. The molecule has 2 unspecified atom stereocenters. The maximum Gasteiger partial charge on any atom is 0.315 e. The van der Waals surface area contributed by atoms with Crippen LogP contribution < -0.4 is 23.7 Å². The fourth-order valence-electron chi connectivity index (χ4n) is 4.06. The molecular formula is C27H29NO8S3. The zero-order valence-electron chi connectivity index (χ0n) is 21.9. The zero-order valence-corrected chi connectivity index (χ0v) is 24.3. The number of rotatable bonds is 12. The number of nitro groups is 1. The van der Waals surface area contributed by atoms with Crippen LogP contribution >= 0.6 is 35.3 Å². The normalized spacial score (nSPS) is 16.5. The van der Waals surface area contributed by atoms with Crippen molar-refractivity contribution in [3.63, 3.8) is 0 Å². The van der Waals surface area contributed by atoms with Crippen LogP contribution in [-0.2, 0) is 0 Å². The topological polar surface area (TPSA) is 110 Å². The van der Waals surface area contributed by atoms with Gasteiger partial charge in [0.25, 0.3) is 0 Å². The van der Waals surface area contributed by atoms with E-state index in [0.717, 1.165) is 21.8 Å². The molecule has 1 aliphatic heterocycles. The molecule has 208 valence electrons. The summed E-state index contributed by atoms with van der Waals surface area (Å²) >= 11 is 4.94. The number of nitrogens with zero attached hydrogens (tertiary/aromatic N) is 1. The number of ether oxygens (including phenoxy) is 5. The van der Waals surface area contributed by atoms with E-state index in [4.69, 9.17) is 23.7 Å². The van der Waals surface area contributed by atoms with Crippen LogP contribution in [-0.4, -0.2) is 56.6 Å². The van der Waals surface area contributed by atoms with E-state index < -0.39 is 4.92 Å². The molecule has 3 aromatic rings. The van der Waals surface area contributed by atoms with E-state index in [1.807, 2.05) is 18.2 Å². The third-order valence-electron chi connectivity index (χ3n) is 5.93. The fraction of sp³-hybridized carbons (Fsp3) is 0.333. The van der Waals surface area contributed by atoms with Gasteiger partial charge in [0.15, 0.2) is 17.2 Å². The van der Waals surface area contributed by atoms with E-state index in [1.165, 1.54) is 18.9 Å². The smallest absolute Gasteiger partial charge is 0.315 e. The molecular weight excluding hydrogens is 562 g/mol. The quantitative estimate of drug-likeness (QED) is 0.105. The molecule has 0 bridgehead atoms. The molecule has 0 amide bonds. The number of aromatic hydroxyl groups is 1. The van der Waals surface area contributed by atoms with Crippen LogP contribution in [0.25, 0.3) is 0 Å². The Hall–Kier alpha value is -3.09. The number of phenolic OH excluding ortho intramolecular Hbond substituents is 1. The van der Waals surface area contributed by atoms with Gasteiger partial charge in [-0.25, -0.2) is 0 Å². The Morgan fingerprint density at radius 3 is 2.13 bits per heavy atom. The third kappa shape index (κ3) is 6.74. The SMILES string of the molecule is COc1cc(C2CSC(c3cc(OC)c(OCCSc4ccc(O)cc4)c([N+](=O)[O-])c3)S2)cc(OC)c1OC. The number of hydrogen-bond acceptors (Lipinski definition) is 11. The number of phenols is 1. The van der Waals surface area contributed by atoms with Gasteiger partial charge >= 0.3 is 5.69 Å². The summed E-state index contributed by atoms with van der Waals surface area (Å²) in [5.74, 6) is 3.72. The van der Waals surface area contributed by atoms with Crippen LogP contribution in [0.2, 0.25) is 0 Å². The lowest BCUT2D eigenvalue weighted by Crippen LogP contribution is -2.05. The summed E-state index contributed by atoms with van der Waals surface area (Å²) in [5, 5.41) is 21.6. The van der Waals surface area contributed by atoms with E-state index in [-0.39, 0.29) is 33.6 Å². The van der Waals surface area contributed by atoms with Crippen LogP contribution in [0.15, 0.2) is 53.4 Å². The van der Waals surface area contributed by atoms with Crippen LogP contribution in [0.4, 0.5) is 5.69 Å². The van der Waals surface area contributed by atoms with Gasteiger partial charge in [-0.3, -0.25) is 10.1 Å². The molecule has 2 atom stereocenters. The highest BCUT2D eigenvalue weighted by atomic mass is 32.2. The van der Waals surface area contributed by atoms with Gasteiger partial charge in [0.05, 0.1) is 44.6 Å². The number of methoxy groups -OCH3 is 4. The van der Waals surface area contributed by atoms with Gasteiger partial charge < -0.3 is 28.8 Å². The molecule has 0 saturated carbocycles. The molecule has 4 rings (SSSR count). The minimum absolute atomic E-state index is 0.0409. The third-order valence-corrected chi connectivity index (χ3v) is 10.2. The molecule has 1 fully saturated rings. The first-order valence-electron chi connectivity index (χ1n) is 11.9. The Morgan fingerprint density at radius 1 is 0.923 bits per heavy atom. The lowest BCUT2D eigenvalue weighted by Gasteiger charge is -2.17. The molecule has 0 radical (unpaired) electrons. The minimum Gasteiger partial charge on any atom is -0.508 e. The lowest BCUT2D eigenvalue weighted by atomic mass is 10.1. The van der Waals surface area contributed by atoms with E-state index in [1.54, 1.807) is 75.2 Å². The molecule has 0 aromatic heterocycles. The molecule has 0 aliphatic carbocycles. The van der Waals surface area contributed by atoms with Crippen LogP contribution in [0.1, 0.15) is 21.0 Å². The summed E-state index contributed by atoms with van der Waals surface area (Å²) in [6.45, 7) is 0.248. The van der Waals surface area contributed by atoms with Gasteiger partial charge in [0, 0.05) is 27.7 Å².